The number of hydrogen-bond donors (Lipinski definition) is 0. The molecule has 0 fully saturated rings. The summed E-state index contributed by atoms with van der Waals surface area (Å²) in [5, 5.41) is 13.8. The molecule has 1 aliphatic rings. The molecule has 1 aromatic heterocycles. The minimum Gasteiger partial charge on any atom is -0.497 e. The first-order chi connectivity index (χ1) is 15.4. The number of alkyl halides is 2. The summed E-state index contributed by atoms with van der Waals surface area (Å²) in [4.78, 5) is 12.3. The second kappa shape index (κ2) is 8.74. The Bertz CT molecular complexity index is 1170. The van der Waals surface area contributed by atoms with Crippen LogP contribution in [0.15, 0.2) is 47.6 Å². The molecule has 2 aromatic carbocycles. The monoisotopic (exact) mass is 441 g/mol. The molecule has 0 bridgehead atoms. The number of anilines is 1. The van der Waals surface area contributed by atoms with Crippen LogP contribution in [-0.2, 0) is 11.3 Å². The fourth-order valence-corrected chi connectivity index (χ4v) is 3.46. The van der Waals surface area contributed by atoms with Gasteiger partial charge >= 0.3 is 6.61 Å². The zero-order valence-corrected chi connectivity index (χ0v) is 17.7. The Morgan fingerprint density at radius 1 is 1.09 bits per heavy atom. The number of hydrazone groups is 1. The van der Waals surface area contributed by atoms with Gasteiger partial charge in [-0.1, -0.05) is 12.1 Å². The van der Waals surface area contributed by atoms with Gasteiger partial charge in [0.15, 0.2) is 5.82 Å². The number of hydrogen-bond acceptors (Lipinski definition) is 6. The van der Waals surface area contributed by atoms with Crippen LogP contribution < -0.4 is 14.5 Å². The van der Waals surface area contributed by atoms with E-state index in [0.29, 0.717) is 29.6 Å². The molecule has 10 heteroatoms. The first-order valence-corrected chi connectivity index (χ1v) is 9.84. The summed E-state index contributed by atoms with van der Waals surface area (Å²) in [5.74, 6) is 1.38. The second-order valence-electron chi connectivity index (χ2n) is 7.28. The first kappa shape index (κ1) is 21.4. The van der Waals surface area contributed by atoms with Crippen LogP contribution in [-0.4, -0.2) is 40.1 Å². The Morgan fingerprint density at radius 3 is 2.47 bits per heavy atom. The van der Waals surface area contributed by atoms with E-state index in [2.05, 4.69) is 15.3 Å². The number of carbonyl (C=O) groups excluding carboxylic acids is 1. The highest BCUT2D eigenvalue weighted by Crippen LogP contribution is 2.35. The number of ether oxygens (including phenoxy) is 2. The summed E-state index contributed by atoms with van der Waals surface area (Å²) in [6.07, 6.45) is 0.206. The molecule has 0 N–H and O–H groups in total. The summed E-state index contributed by atoms with van der Waals surface area (Å²) >= 11 is 0. The van der Waals surface area contributed by atoms with Gasteiger partial charge in [-0.2, -0.15) is 13.9 Å². The number of rotatable bonds is 7. The molecular weight excluding hydrogens is 420 g/mol. The van der Waals surface area contributed by atoms with Gasteiger partial charge in [-0.25, -0.2) is 5.01 Å². The van der Waals surface area contributed by atoms with Crippen molar-refractivity contribution in [2.24, 2.45) is 5.10 Å². The third-order valence-electron chi connectivity index (χ3n) is 5.01. The lowest BCUT2D eigenvalue weighted by Gasteiger charge is -2.17. The summed E-state index contributed by atoms with van der Waals surface area (Å²) < 4.78 is 37.9. The molecule has 8 nitrogen and oxygen atoms in total. The smallest absolute Gasteiger partial charge is 0.387 e. The number of carbonyl (C=O) groups is 1. The van der Waals surface area contributed by atoms with E-state index in [0.717, 1.165) is 11.3 Å². The van der Waals surface area contributed by atoms with Gasteiger partial charge in [-0.3, -0.25) is 4.79 Å². The molecule has 0 unspecified atom stereocenters. The largest absolute Gasteiger partial charge is 0.497 e. The lowest BCUT2D eigenvalue weighted by molar-refractivity contribution is -0.116. The number of nitrogens with zero attached hydrogens (tertiary/aromatic N) is 5. The van der Waals surface area contributed by atoms with Crippen LogP contribution in [0, 0.1) is 6.92 Å². The van der Waals surface area contributed by atoms with E-state index >= 15 is 0 Å². The Morgan fingerprint density at radius 2 is 1.84 bits per heavy atom. The highest BCUT2D eigenvalue weighted by Gasteiger charge is 2.26. The molecule has 166 valence electrons. The maximum absolute atomic E-state index is 13.1. The predicted molar refractivity (Wildman–Crippen MR) is 114 cm³/mol. The zero-order chi connectivity index (χ0) is 22.8. The average molecular weight is 441 g/mol. The molecule has 0 aliphatic carbocycles. The summed E-state index contributed by atoms with van der Waals surface area (Å²) in [7, 11) is 1.59. The van der Waals surface area contributed by atoms with E-state index in [-0.39, 0.29) is 23.6 Å². The molecule has 0 saturated heterocycles. The molecule has 0 saturated carbocycles. The Hall–Kier alpha value is -3.82. The van der Waals surface area contributed by atoms with E-state index in [1.165, 1.54) is 17.1 Å². The first-order valence-electron chi connectivity index (χ1n) is 9.84. The van der Waals surface area contributed by atoms with Gasteiger partial charge in [0.25, 0.3) is 5.91 Å². The maximum atomic E-state index is 13.1. The van der Waals surface area contributed by atoms with Crippen molar-refractivity contribution < 1.29 is 23.0 Å². The number of aryl methyl sites for hydroxylation is 1. The summed E-state index contributed by atoms with van der Waals surface area (Å²) in [6, 6.07) is 11.9. The lowest BCUT2D eigenvalue weighted by atomic mass is 10.1. The van der Waals surface area contributed by atoms with E-state index in [9.17, 15) is 13.6 Å². The molecule has 0 atom stereocenters. The normalized spacial score (nSPS) is 13.6. The highest BCUT2D eigenvalue weighted by molar-refractivity contribution is 6.12. The third kappa shape index (κ3) is 4.29. The van der Waals surface area contributed by atoms with Gasteiger partial charge in [-0.15, -0.1) is 10.2 Å². The van der Waals surface area contributed by atoms with Gasteiger partial charge in [0.05, 0.1) is 31.3 Å². The van der Waals surface area contributed by atoms with Crippen LogP contribution in [0.3, 0.4) is 0 Å². The van der Waals surface area contributed by atoms with Gasteiger partial charge in [0.2, 0.25) is 0 Å². The Kier molecular flexibility index (Phi) is 5.85. The van der Waals surface area contributed by atoms with Crippen molar-refractivity contribution in [3.8, 4) is 22.9 Å². The van der Waals surface area contributed by atoms with E-state index in [1.54, 1.807) is 31.6 Å². The fraction of sp³-hybridized carbons (Fsp3) is 0.273. The van der Waals surface area contributed by atoms with E-state index < -0.39 is 6.61 Å². The quantitative estimate of drug-likeness (QED) is 0.553. The van der Waals surface area contributed by atoms with Crippen molar-refractivity contribution in [1.29, 1.82) is 0 Å². The van der Waals surface area contributed by atoms with E-state index in [4.69, 9.17) is 9.47 Å². The van der Waals surface area contributed by atoms with Crippen LogP contribution >= 0.6 is 0 Å². The topological polar surface area (TPSA) is 81.8 Å². The minimum atomic E-state index is -3.02. The molecule has 1 amide bonds. The van der Waals surface area contributed by atoms with Crippen LogP contribution in [0.2, 0.25) is 0 Å². The van der Waals surface area contributed by atoms with Gasteiger partial charge in [0, 0.05) is 5.71 Å². The van der Waals surface area contributed by atoms with Crippen molar-refractivity contribution in [2.75, 3.05) is 12.1 Å². The molecule has 32 heavy (non-hydrogen) atoms. The average Bonchev–Trinajstić information content (AvgIpc) is 3.29. The molecule has 4 rings (SSSR count). The van der Waals surface area contributed by atoms with Crippen LogP contribution in [0.5, 0.6) is 11.5 Å². The van der Waals surface area contributed by atoms with Crippen LogP contribution in [0.25, 0.3) is 11.4 Å². The molecular formula is C22H21F2N5O3. The number of aromatic nitrogens is 3. The number of benzene rings is 2. The van der Waals surface area contributed by atoms with Crippen molar-refractivity contribution >= 4 is 17.3 Å². The van der Waals surface area contributed by atoms with Crippen LogP contribution in [0.1, 0.15) is 24.7 Å². The zero-order valence-electron chi connectivity index (χ0n) is 17.7. The molecule has 2 heterocycles. The lowest BCUT2D eigenvalue weighted by Crippen LogP contribution is -2.19. The molecule has 0 spiro atoms. The third-order valence-corrected chi connectivity index (χ3v) is 5.01. The highest BCUT2D eigenvalue weighted by atomic mass is 19.3. The van der Waals surface area contributed by atoms with Crippen molar-refractivity contribution in [2.45, 2.75) is 33.4 Å². The fourth-order valence-electron chi connectivity index (χ4n) is 3.46. The predicted octanol–water partition coefficient (Wildman–Crippen LogP) is 4.02. The van der Waals surface area contributed by atoms with Crippen molar-refractivity contribution in [3.63, 3.8) is 0 Å². The Balaban J connectivity index is 1.77. The molecule has 0 radical (unpaired) electrons. The minimum absolute atomic E-state index is 0.0699. The van der Waals surface area contributed by atoms with Gasteiger partial charge in [0.1, 0.15) is 17.3 Å². The maximum Gasteiger partial charge on any atom is 0.387 e. The standard InChI is InChI=1S/C22H21F2N5O3/c1-13-10-20(30)29(27-13)16-6-9-19(32-22(23)24)18(11-16)21-26-25-14(2)28(21)12-15-4-7-17(31-3)8-5-15/h4-9,11,22H,10,12H2,1-3H3. The number of halogens is 2. The summed E-state index contributed by atoms with van der Waals surface area (Å²) in [6.45, 7) is 0.903. The van der Waals surface area contributed by atoms with E-state index in [1.807, 2.05) is 24.3 Å². The second-order valence-corrected chi connectivity index (χ2v) is 7.28. The molecule has 1 aliphatic heterocycles. The molecule has 3 aromatic rings. The van der Waals surface area contributed by atoms with Crippen molar-refractivity contribution in [3.05, 3.63) is 53.9 Å². The van der Waals surface area contributed by atoms with Crippen LogP contribution in [0.4, 0.5) is 14.5 Å². The van der Waals surface area contributed by atoms with Crippen molar-refractivity contribution in [1.82, 2.24) is 14.8 Å². The summed E-state index contributed by atoms with van der Waals surface area (Å²) in [5.41, 5.74) is 2.32. The SMILES string of the molecule is COc1ccc(Cn2c(C)nnc2-c2cc(N3N=C(C)CC3=O)ccc2OC(F)F)cc1. The van der Waals surface area contributed by atoms with Gasteiger partial charge in [-0.05, 0) is 49.7 Å². The number of amides is 1. The Labute approximate surface area is 183 Å². The number of methoxy groups -OCH3 is 1. The van der Waals surface area contributed by atoms with Gasteiger partial charge < -0.3 is 14.0 Å².